The van der Waals surface area contributed by atoms with Gasteiger partial charge in [0.15, 0.2) is 4.98 Å². The lowest BCUT2D eigenvalue weighted by Crippen LogP contribution is -1.80. The van der Waals surface area contributed by atoms with E-state index in [1.54, 1.807) is 25.3 Å². The van der Waals surface area contributed by atoms with E-state index in [0.717, 1.165) is 0 Å². The van der Waals surface area contributed by atoms with Crippen molar-refractivity contribution in [3.63, 3.8) is 0 Å². The van der Waals surface area contributed by atoms with Crippen LogP contribution >= 0.6 is 12.6 Å². The largest absolute Gasteiger partial charge is 0.497 e. The Morgan fingerprint density at radius 2 is 2.27 bits per heavy atom. The highest BCUT2D eigenvalue weighted by Gasteiger charge is 2.10. The summed E-state index contributed by atoms with van der Waals surface area (Å²) < 4.78 is 4.92. The molecule has 0 aliphatic heterocycles. The summed E-state index contributed by atoms with van der Waals surface area (Å²) in [5.41, 5.74) is 0.439. The van der Waals surface area contributed by atoms with Crippen LogP contribution in [0.15, 0.2) is 23.1 Å². The normalized spacial score (nSPS) is 8.82. The molecule has 1 aromatic rings. The number of diazo groups is 1. The Balaban J connectivity index is 3.12. The zero-order valence-corrected chi connectivity index (χ0v) is 6.88. The number of rotatable bonds is 1. The van der Waals surface area contributed by atoms with Crippen LogP contribution in [-0.4, -0.2) is 7.11 Å². The van der Waals surface area contributed by atoms with Crippen LogP contribution in [0.2, 0.25) is 0 Å². The molecular weight excluding hydrogens is 160 g/mol. The first-order valence-corrected chi connectivity index (χ1v) is 3.44. The van der Waals surface area contributed by atoms with Crippen molar-refractivity contribution < 1.29 is 4.74 Å². The number of hydrogen-bond donors (Lipinski definition) is 1. The number of methoxy groups -OCH3 is 1. The molecule has 0 unspecified atom stereocenters. The fraction of sp³-hybridized carbons (Fsp3) is 0.143. The highest BCUT2D eigenvalue weighted by Crippen LogP contribution is 2.26. The van der Waals surface area contributed by atoms with E-state index in [-0.39, 0.29) is 0 Å². The van der Waals surface area contributed by atoms with E-state index in [4.69, 9.17) is 10.1 Å². The van der Waals surface area contributed by atoms with Gasteiger partial charge in [-0.1, -0.05) is 0 Å². The van der Waals surface area contributed by atoms with Crippen molar-refractivity contribution in [3.05, 3.63) is 23.2 Å². The van der Waals surface area contributed by atoms with Crippen LogP contribution in [0.25, 0.3) is 4.98 Å². The SMILES string of the molecule is COc1ccc([N+]#N)c(S)c1. The Kier molecular flexibility index (Phi) is 2.34. The second-order valence-corrected chi connectivity index (χ2v) is 2.44. The molecule has 0 heterocycles. The molecule has 0 spiro atoms. The lowest BCUT2D eigenvalue weighted by atomic mass is 10.3. The second kappa shape index (κ2) is 3.26. The molecule has 0 aliphatic carbocycles. The second-order valence-electron chi connectivity index (χ2n) is 1.95. The molecule has 0 aromatic heterocycles. The van der Waals surface area contributed by atoms with Gasteiger partial charge in [-0.25, -0.2) is 0 Å². The van der Waals surface area contributed by atoms with Crippen molar-refractivity contribution in [1.29, 1.82) is 5.39 Å². The van der Waals surface area contributed by atoms with Crippen molar-refractivity contribution in [2.75, 3.05) is 7.11 Å². The standard InChI is InChI=1S/C7H6N2OS/c1-10-5-2-3-6(9-8)7(11)4-5/h2-4H,1H3/p+1. The van der Waals surface area contributed by atoms with Gasteiger partial charge in [0, 0.05) is 12.1 Å². The van der Waals surface area contributed by atoms with Crippen LogP contribution in [0.5, 0.6) is 5.75 Å². The molecule has 0 saturated heterocycles. The van der Waals surface area contributed by atoms with E-state index in [1.165, 1.54) is 0 Å². The Labute approximate surface area is 70.0 Å². The molecule has 4 heteroatoms. The lowest BCUT2D eigenvalue weighted by Gasteiger charge is -1.96. The third-order valence-electron chi connectivity index (χ3n) is 1.29. The summed E-state index contributed by atoms with van der Waals surface area (Å²) in [7, 11) is 1.57. The highest BCUT2D eigenvalue weighted by molar-refractivity contribution is 7.80. The fourth-order valence-corrected chi connectivity index (χ4v) is 0.961. The first kappa shape index (κ1) is 7.89. The molecule has 0 amide bonds. The van der Waals surface area contributed by atoms with Gasteiger partial charge in [-0.2, -0.15) is 0 Å². The van der Waals surface area contributed by atoms with Gasteiger partial charge in [-0.3, -0.25) is 0 Å². The molecule has 0 fully saturated rings. The molecule has 56 valence electrons. The Bertz CT molecular complexity index is 306. The van der Waals surface area contributed by atoms with Gasteiger partial charge in [0.1, 0.15) is 10.6 Å². The third kappa shape index (κ3) is 1.63. The Morgan fingerprint density at radius 3 is 2.73 bits per heavy atom. The van der Waals surface area contributed by atoms with Gasteiger partial charge in [0.25, 0.3) is 0 Å². The quantitative estimate of drug-likeness (QED) is 0.515. The van der Waals surface area contributed by atoms with E-state index < -0.39 is 0 Å². The molecule has 1 aromatic carbocycles. The molecule has 0 saturated carbocycles. The lowest BCUT2D eigenvalue weighted by molar-refractivity contribution is 0.414. The summed E-state index contributed by atoms with van der Waals surface area (Å²) in [5, 5.41) is 8.42. The minimum atomic E-state index is 0.439. The van der Waals surface area contributed by atoms with E-state index in [0.29, 0.717) is 16.3 Å². The van der Waals surface area contributed by atoms with E-state index in [9.17, 15) is 0 Å². The maximum Gasteiger partial charge on any atom is 0.398 e. The molecule has 0 aliphatic rings. The predicted octanol–water partition coefficient (Wildman–Crippen LogP) is 2.47. The Hall–Kier alpha value is -1.21. The van der Waals surface area contributed by atoms with E-state index in [1.807, 2.05) is 0 Å². The smallest absolute Gasteiger partial charge is 0.398 e. The summed E-state index contributed by atoms with van der Waals surface area (Å²) >= 11 is 4.07. The minimum absolute atomic E-state index is 0.439. The van der Waals surface area contributed by atoms with Crippen LogP contribution in [0.3, 0.4) is 0 Å². The van der Waals surface area contributed by atoms with Gasteiger partial charge in [0.2, 0.25) is 5.39 Å². The van der Waals surface area contributed by atoms with Crippen LogP contribution < -0.4 is 4.74 Å². The summed E-state index contributed by atoms with van der Waals surface area (Å²) in [6.45, 7) is 0. The third-order valence-corrected chi connectivity index (χ3v) is 1.65. The van der Waals surface area contributed by atoms with E-state index in [2.05, 4.69) is 17.6 Å². The highest BCUT2D eigenvalue weighted by atomic mass is 32.1. The number of hydrogen-bond acceptors (Lipinski definition) is 3. The molecular formula is C7H7N2OS+. The maximum absolute atomic E-state index is 8.42. The molecule has 0 N–H and O–H groups in total. The molecule has 3 nitrogen and oxygen atoms in total. The zero-order valence-electron chi connectivity index (χ0n) is 5.98. The zero-order chi connectivity index (χ0) is 8.27. The molecule has 0 bridgehead atoms. The number of benzene rings is 1. The monoisotopic (exact) mass is 167 g/mol. The Morgan fingerprint density at radius 1 is 1.55 bits per heavy atom. The average molecular weight is 167 g/mol. The summed E-state index contributed by atoms with van der Waals surface area (Å²) in [6.07, 6.45) is 0. The summed E-state index contributed by atoms with van der Waals surface area (Å²) in [4.78, 5) is 3.60. The topological polar surface area (TPSA) is 37.4 Å². The predicted molar refractivity (Wildman–Crippen MR) is 45.0 cm³/mol. The number of thiol groups is 1. The number of ether oxygens (including phenoxy) is 1. The van der Waals surface area contributed by atoms with Gasteiger partial charge in [-0.15, -0.1) is 12.6 Å². The van der Waals surface area contributed by atoms with Gasteiger partial charge in [-0.05, 0) is 6.07 Å². The van der Waals surface area contributed by atoms with Crippen molar-refractivity contribution in [3.8, 4) is 5.75 Å². The van der Waals surface area contributed by atoms with Gasteiger partial charge >= 0.3 is 5.69 Å². The molecule has 11 heavy (non-hydrogen) atoms. The average Bonchev–Trinajstić information content (AvgIpc) is 2.04. The molecule has 1 rings (SSSR count). The van der Waals surface area contributed by atoms with Gasteiger partial charge in [0.05, 0.1) is 7.11 Å². The number of nitrogens with zero attached hydrogens (tertiary/aromatic N) is 2. The van der Waals surface area contributed by atoms with Crippen LogP contribution in [0.1, 0.15) is 0 Å². The first-order valence-electron chi connectivity index (χ1n) is 3.00. The fourth-order valence-electron chi connectivity index (χ4n) is 0.715. The van der Waals surface area contributed by atoms with Crippen LogP contribution in [0.4, 0.5) is 5.69 Å². The summed E-state index contributed by atoms with van der Waals surface area (Å²) in [5.74, 6) is 0.697. The van der Waals surface area contributed by atoms with Crippen molar-refractivity contribution >= 4 is 18.3 Å². The van der Waals surface area contributed by atoms with Crippen molar-refractivity contribution in [2.24, 2.45) is 0 Å². The summed E-state index contributed by atoms with van der Waals surface area (Å²) in [6, 6.07) is 5.01. The first-order chi connectivity index (χ1) is 5.27. The maximum atomic E-state index is 8.42. The van der Waals surface area contributed by atoms with Crippen molar-refractivity contribution in [2.45, 2.75) is 4.90 Å². The van der Waals surface area contributed by atoms with E-state index >= 15 is 0 Å². The van der Waals surface area contributed by atoms with Crippen molar-refractivity contribution in [1.82, 2.24) is 0 Å². The molecule has 0 radical (unpaired) electrons. The molecule has 0 atom stereocenters. The minimum Gasteiger partial charge on any atom is -0.497 e. The van der Waals surface area contributed by atoms with Crippen LogP contribution in [-0.2, 0) is 0 Å². The van der Waals surface area contributed by atoms with Gasteiger partial charge < -0.3 is 4.74 Å². The van der Waals surface area contributed by atoms with Crippen LogP contribution in [0, 0.1) is 5.39 Å².